The lowest BCUT2D eigenvalue weighted by atomic mass is 10.1. The Bertz CT molecular complexity index is 445. The van der Waals surface area contributed by atoms with E-state index in [0.29, 0.717) is 0 Å². The van der Waals surface area contributed by atoms with Crippen LogP contribution >= 0.6 is 0 Å². The van der Waals surface area contributed by atoms with Gasteiger partial charge in [-0.25, -0.2) is 4.98 Å². The SMILES string of the molecule is CCc1ccc(CNCCCCn2ccnc2)cc1. The molecule has 2 aromatic rings. The average Bonchev–Trinajstić information content (AvgIpc) is 2.96. The van der Waals surface area contributed by atoms with Gasteiger partial charge >= 0.3 is 0 Å². The van der Waals surface area contributed by atoms with Crippen LogP contribution < -0.4 is 5.32 Å². The molecule has 1 aromatic carbocycles. The predicted octanol–water partition coefficient (Wildman–Crippen LogP) is 3.02. The van der Waals surface area contributed by atoms with Gasteiger partial charge in [0.25, 0.3) is 0 Å². The molecule has 0 radical (unpaired) electrons. The molecule has 3 nitrogen and oxygen atoms in total. The molecule has 0 saturated heterocycles. The highest BCUT2D eigenvalue weighted by Gasteiger charge is 1.94. The van der Waals surface area contributed by atoms with Gasteiger partial charge in [0.05, 0.1) is 6.33 Å². The highest BCUT2D eigenvalue weighted by molar-refractivity contribution is 5.22. The number of aryl methyl sites for hydroxylation is 2. The second-order valence-electron chi connectivity index (χ2n) is 4.85. The molecule has 0 bridgehead atoms. The number of unbranched alkanes of at least 4 members (excludes halogenated alkanes) is 1. The molecule has 0 aliphatic carbocycles. The zero-order valence-corrected chi connectivity index (χ0v) is 11.7. The topological polar surface area (TPSA) is 29.9 Å². The molecule has 0 spiro atoms. The number of nitrogens with zero attached hydrogens (tertiary/aromatic N) is 2. The van der Waals surface area contributed by atoms with Crippen LogP contribution in [0.25, 0.3) is 0 Å². The number of rotatable bonds is 8. The van der Waals surface area contributed by atoms with Gasteiger partial charge in [-0.3, -0.25) is 0 Å². The number of nitrogens with one attached hydrogen (secondary N) is 1. The van der Waals surface area contributed by atoms with Crippen molar-refractivity contribution in [2.45, 2.75) is 39.3 Å². The number of aromatic nitrogens is 2. The molecule has 3 heteroatoms. The first-order chi connectivity index (χ1) is 9.38. The van der Waals surface area contributed by atoms with Gasteiger partial charge in [-0.05, 0) is 36.9 Å². The van der Waals surface area contributed by atoms with Crippen LogP contribution in [0.5, 0.6) is 0 Å². The lowest BCUT2D eigenvalue weighted by Crippen LogP contribution is -2.15. The Morgan fingerprint density at radius 2 is 1.89 bits per heavy atom. The molecule has 0 unspecified atom stereocenters. The summed E-state index contributed by atoms with van der Waals surface area (Å²) in [6.07, 6.45) is 9.23. The van der Waals surface area contributed by atoms with Gasteiger partial charge in [-0.2, -0.15) is 0 Å². The molecule has 19 heavy (non-hydrogen) atoms. The van der Waals surface area contributed by atoms with E-state index in [1.165, 1.54) is 24.0 Å². The number of imidazole rings is 1. The summed E-state index contributed by atoms with van der Waals surface area (Å²) in [6.45, 7) is 5.29. The summed E-state index contributed by atoms with van der Waals surface area (Å²) in [5.74, 6) is 0. The molecule has 0 atom stereocenters. The molecule has 0 aliphatic heterocycles. The quantitative estimate of drug-likeness (QED) is 0.737. The highest BCUT2D eigenvalue weighted by atomic mass is 15.0. The molecule has 2 rings (SSSR count). The summed E-state index contributed by atoms with van der Waals surface area (Å²) in [5.41, 5.74) is 2.77. The van der Waals surface area contributed by atoms with Crippen LogP contribution in [0.1, 0.15) is 30.9 Å². The zero-order chi connectivity index (χ0) is 13.3. The Balaban J connectivity index is 1.56. The third-order valence-corrected chi connectivity index (χ3v) is 3.34. The summed E-state index contributed by atoms with van der Waals surface area (Å²) in [7, 11) is 0. The van der Waals surface area contributed by atoms with Crippen molar-refractivity contribution >= 4 is 0 Å². The third kappa shape index (κ3) is 4.87. The Morgan fingerprint density at radius 3 is 2.58 bits per heavy atom. The summed E-state index contributed by atoms with van der Waals surface area (Å²) in [5, 5.41) is 3.49. The van der Waals surface area contributed by atoms with Gasteiger partial charge in [-0.15, -0.1) is 0 Å². The predicted molar refractivity (Wildman–Crippen MR) is 79.0 cm³/mol. The molecular formula is C16H23N3. The first-order valence-electron chi connectivity index (χ1n) is 7.13. The smallest absolute Gasteiger partial charge is 0.0945 e. The molecule has 0 fully saturated rings. The Kier molecular flexibility index (Phi) is 5.63. The summed E-state index contributed by atoms with van der Waals surface area (Å²) >= 11 is 0. The van der Waals surface area contributed by atoms with Crippen molar-refractivity contribution in [3.63, 3.8) is 0 Å². The minimum absolute atomic E-state index is 0.967. The van der Waals surface area contributed by atoms with E-state index in [1.807, 2.05) is 18.7 Å². The van der Waals surface area contributed by atoms with Crippen LogP contribution in [0.3, 0.4) is 0 Å². The van der Waals surface area contributed by atoms with E-state index in [4.69, 9.17) is 0 Å². The van der Waals surface area contributed by atoms with E-state index in [0.717, 1.165) is 26.1 Å². The van der Waals surface area contributed by atoms with E-state index >= 15 is 0 Å². The normalized spacial score (nSPS) is 10.8. The fourth-order valence-corrected chi connectivity index (χ4v) is 2.09. The van der Waals surface area contributed by atoms with E-state index in [1.54, 1.807) is 0 Å². The van der Waals surface area contributed by atoms with Crippen molar-refractivity contribution in [2.75, 3.05) is 6.54 Å². The van der Waals surface area contributed by atoms with Crippen molar-refractivity contribution in [3.8, 4) is 0 Å². The Hall–Kier alpha value is -1.61. The molecular weight excluding hydrogens is 234 g/mol. The molecule has 1 heterocycles. The van der Waals surface area contributed by atoms with E-state index in [-0.39, 0.29) is 0 Å². The maximum absolute atomic E-state index is 4.04. The van der Waals surface area contributed by atoms with Gasteiger partial charge in [-0.1, -0.05) is 31.2 Å². The van der Waals surface area contributed by atoms with Gasteiger partial charge in [0.2, 0.25) is 0 Å². The molecule has 1 N–H and O–H groups in total. The van der Waals surface area contributed by atoms with Gasteiger partial charge in [0.15, 0.2) is 0 Å². The lowest BCUT2D eigenvalue weighted by molar-refractivity contribution is 0.568. The van der Waals surface area contributed by atoms with Crippen LogP contribution in [-0.4, -0.2) is 16.1 Å². The van der Waals surface area contributed by atoms with Gasteiger partial charge in [0, 0.05) is 25.5 Å². The van der Waals surface area contributed by atoms with Gasteiger partial charge in [0.1, 0.15) is 0 Å². The molecule has 0 amide bonds. The van der Waals surface area contributed by atoms with E-state index < -0.39 is 0 Å². The van der Waals surface area contributed by atoms with E-state index in [9.17, 15) is 0 Å². The number of hydrogen-bond donors (Lipinski definition) is 1. The highest BCUT2D eigenvalue weighted by Crippen LogP contribution is 2.04. The zero-order valence-electron chi connectivity index (χ0n) is 11.7. The second-order valence-corrected chi connectivity index (χ2v) is 4.85. The Labute approximate surface area is 115 Å². The maximum Gasteiger partial charge on any atom is 0.0945 e. The summed E-state index contributed by atoms with van der Waals surface area (Å²) in [4.78, 5) is 4.04. The summed E-state index contributed by atoms with van der Waals surface area (Å²) < 4.78 is 2.13. The van der Waals surface area contributed by atoms with Gasteiger partial charge < -0.3 is 9.88 Å². The van der Waals surface area contributed by atoms with Crippen LogP contribution in [0.2, 0.25) is 0 Å². The fraction of sp³-hybridized carbons (Fsp3) is 0.438. The van der Waals surface area contributed by atoms with Crippen molar-refractivity contribution in [1.82, 2.24) is 14.9 Å². The number of benzene rings is 1. The first-order valence-corrected chi connectivity index (χ1v) is 7.13. The largest absolute Gasteiger partial charge is 0.337 e. The minimum atomic E-state index is 0.967. The van der Waals surface area contributed by atoms with Crippen LogP contribution in [0, 0.1) is 0 Å². The Morgan fingerprint density at radius 1 is 1.11 bits per heavy atom. The lowest BCUT2D eigenvalue weighted by Gasteiger charge is -2.06. The molecule has 1 aromatic heterocycles. The molecule has 102 valence electrons. The van der Waals surface area contributed by atoms with Crippen molar-refractivity contribution in [2.24, 2.45) is 0 Å². The fourth-order valence-electron chi connectivity index (χ4n) is 2.09. The summed E-state index contributed by atoms with van der Waals surface area (Å²) in [6, 6.07) is 8.88. The minimum Gasteiger partial charge on any atom is -0.337 e. The van der Waals surface area contributed by atoms with Crippen molar-refractivity contribution in [1.29, 1.82) is 0 Å². The third-order valence-electron chi connectivity index (χ3n) is 3.34. The molecule has 0 aliphatic rings. The van der Waals surface area contributed by atoms with E-state index in [2.05, 4.69) is 46.1 Å². The average molecular weight is 257 g/mol. The monoisotopic (exact) mass is 257 g/mol. The first kappa shape index (κ1) is 13.8. The second kappa shape index (κ2) is 7.74. The molecule has 0 saturated carbocycles. The van der Waals surface area contributed by atoms with Crippen LogP contribution in [0.4, 0.5) is 0 Å². The van der Waals surface area contributed by atoms with Crippen LogP contribution in [-0.2, 0) is 19.5 Å². The van der Waals surface area contributed by atoms with Crippen molar-refractivity contribution in [3.05, 3.63) is 54.1 Å². The standard InChI is InChI=1S/C16H23N3/c1-2-15-5-7-16(8-6-15)13-17-9-3-4-11-19-12-10-18-14-19/h5-8,10,12,14,17H,2-4,9,11,13H2,1H3. The van der Waals surface area contributed by atoms with Crippen LogP contribution in [0.15, 0.2) is 43.0 Å². The maximum atomic E-state index is 4.04. The van der Waals surface area contributed by atoms with Crippen molar-refractivity contribution < 1.29 is 0 Å². The number of hydrogen-bond acceptors (Lipinski definition) is 2.